The molecule has 0 bridgehead atoms. The van der Waals surface area contributed by atoms with Crippen LogP contribution in [0.25, 0.3) is 16.2 Å². The van der Waals surface area contributed by atoms with Crippen LogP contribution in [0, 0.1) is 6.92 Å². The summed E-state index contributed by atoms with van der Waals surface area (Å²) in [5.41, 5.74) is 3.00. The Morgan fingerprint density at radius 2 is 2.00 bits per heavy atom. The number of thiazole rings is 1. The predicted octanol–water partition coefficient (Wildman–Crippen LogP) is 4.08. The molecule has 2 heterocycles. The highest BCUT2D eigenvalue weighted by atomic mass is 35.5. The second kappa shape index (κ2) is 4.63. The number of rotatable bonds is 2. The van der Waals surface area contributed by atoms with E-state index < -0.39 is 6.10 Å². The van der Waals surface area contributed by atoms with Crippen LogP contribution in [0.5, 0.6) is 0 Å². The predicted molar refractivity (Wildman–Crippen MR) is 78.9 cm³/mol. The summed E-state index contributed by atoms with van der Waals surface area (Å²) in [6.07, 6.45) is 1.54. The van der Waals surface area contributed by atoms with Crippen molar-refractivity contribution in [1.82, 2.24) is 9.38 Å². The maximum absolute atomic E-state index is 9.70. The van der Waals surface area contributed by atoms with Gasteiger partial charge in [-0.3, -0.25) is 4.40 Å². The Hall–Kier alpha value is -1.36. The van der Waals surface area contributed by atoms with E-state index in [-0.39, 0.29) is 0 Å². The topological polar surface area (TPSA) is 37.5 Å². The average Bonchev–Trinajstić information content (AvgIpc) is 2.90. The second-order valence-corrected chi connectivity index (χ2v) is 5.96. The van der Waals surface area contributed by atoms with Gasteiger partial charge in [0, 0.05) is 22.5 Å². The van der Waals surface area contributed by atoms with Crippen molar-refractivity contribution in [2.45, 2.75) is 20.0 Å². The standard InChI is InChI=1S/C14H13ClN2OS/c1-8-13(9(2)18)19-14-16-12(7-17(8)14)10-3-5-11(15)6-4-10/h3-7,9,18H,1-2H3. The summed E-state index contributed by atoms with van der Waals surface area (Å²) in [6, 6.07) is 7.64. The highest BCUT2D eigenvalue weighted by Gasteiger charge is 2.15. The molecule has 3 aromatic rings. The number of benzene rings is 1. The van der Waals surface area contributed by atoms with Gasteiger partial charge in [-0.15, -0.1) is 0 Å². The molecule has 1 aromatic carbocycles. The Balaban J connectivity index is 2.10. The van der Waals surface area contributed by atoms with Gasteiger partial charge in [-0.1, -0.05) is 35.1 Å². The highest BCUT2D eigenvalue weighted by molar-refractivity contribution is 7.17. The van der Waals surface area contributed by atoms with E-state index in [4.69, 9.17) is 11.6 Å². The molecule has 98 valence electrons. The number of aryl methyl sites for hydroxylation is 1. The number of nitrogens with zero attached hydrogens (tertiary/aromatic N) is 2. The molecule has 1 unspecified atom stereocenters. The second-order valence-electron chi connectivity index (χ2n) is 4.51. The summed E-state index contributed by atoms with van der Waals surface area (Å²) in [7, 11) is 0. The number of halogens is 1. The Morgan fingerprint density at radius 3 is 2.58 bits per heavy atom. The molecule has 0 saturated carbocycles. The van der Waals surface area contributed by atoms with Crippen LogP contribution in [0.3, 0.4) is 0 Å². The van der Waals surface area contributed by atoms with Crippen LogP contribution in [0.1, 0.15) is 23.6 Å². The molecule has 5 heteroatoms. The van der Waals surface area contributed by atoms with Crippen molar-refractivity contribution >= 4 is 27.9 Å². The van der Waals surface area contributed by atoms with Crippen molar-refractivity contribution < 1.29 is 5.11 Å². The number of fused-ring (bicyclic) bond motifs is 1. The van der Waals surface area contributed by atoms with Crippen LogP contribution in [0.4, 0.5) is 0 Å². The molecular formula is C14H13ClN2OS. The van der Waals surface area contributed by atoms with E-state index in [1.54, 1.807) is 6.92 Å². The van der Waals surface area contributed by atoms with E-state index >= 15 is 0 Å². The molecule has 3 nitrogen and oxygen atoms in total. The van der Waals surface area contributed by atoms with Crippen molar-refractivity contribution in [3.8, 4) is 11.3 Å². The number of aliphatic hydroxyl groups is 1. The highest BCUT2D eigenvalue weighted by Crippen LogP contribution is 2.30. The van der Waals surface area contributed by atoms with E-state index in [1.165, 1.54) is 11.3 Å². The molecule has 0 fully saturated rings. The number of aliphatic hydroxyl groups excluding tert-OH is 1. The minimum atomic E-state index is -0.453. The monoisotopic (exact) mass is 292 g/mol. The minimum absolute atomic E-state index is 0.453. The lowest BCUT2D eigenvalue weighted by Gasteiger charge is -2.01. The van der Waals surface area contributed by atoms with Crippen LogP contribution in [0.2, 0.25) is 5.02 Å². The van der Waals surface area contributed by atoms with Crippen molar-refractivity contribution in [2.75, 3.05) is 0 Å². The number of hydrogen-bond acceptors (Lipinski definition) is 3. The molecule has 0 radical (unpaired) electrons. The Morgan fingerprint density at radius 1 is 1.32 bits per heavy atom. The molecule has 3 rings (SSSR count). The zero-order valence-corrected chi connectivity index (χ0v) is 12.2. The van der Waals surface area contributed by atoms with Crippen LogP contribution < -0.4 is 0 Å². The van der Waals surface area contributed by atoms with Crippen LogP contribution in [0.15, 0.2) is 30.5 Å². The van der Waals surface area contributed by atoms with Gasteiger partial charge in [-0.2, -0.15) is 0 Å². The van der Waals surface area contributed by atoms with Crippen LogP contribution in [-0.2, 0) is 0 Å². The van der Waals surface area contributed by atoms with Gasteiger partial charge in [0.15, 0.2) is 4.96 Å². The number of aromatic nitrogens is 2. The Labute approximate surface area is 120 Å². The van der Waals surface area contributed by atoms with E-state index in [9.17, 15) is 5.11 Å². The minimum Gasteiger partial charge on any atom is -0.388 e. The lowest BCUT2D eigenvalue weighted by atomic mass is 10.2. The lowest BCUT2D eigenvalue weighted by molar-refractivity contribution is 0.202. The van der Waals surface area contributed by atoms with Crippen molar-refractivity contribution in [1.29, 1.82) is 0 Å². The van der Waals surface area contributed by atoms with Gasteiger partial charge >= 0.3 is 0 Å². The summed E-state index contributed by atoms with van der Waals surface area (Å²) in [4.78, 5) is 6.47. The third-order valence-electron chi connectivity index (χ3n) is 3.11. The molecule has 0 saturated heterocycles. The smallest absolute Gasteiger partial charge is 0.194 e. The average molecular weight is 293 g/mol. The first-order valence-corrected chi connectivity index (χ1v) is 7.18. The number of hydrogen-bond donors (Lipinski definition) is 1. The van der Waals surface area contributed by atoms with Crippen LogP contribution in [-0.4, -0.2) is 14.5 Å². The normalized spacial score (nSPS) is 13.1. The maximum Gasteiger partial charge on any atom is 0.194 e. The first kappa shape index (κ1) is 12.7. The fourth-order valence-electron chi connectivity index (χ4n) is 2.11. The summed E-state index contributed by atoms with van der Waals surface area (Å²) in [5.74, 6) is 0. The molecular weight excluding hydrogens is 280 g/mol. The molecule has 0 amide bonds. The van der Waals surface area contributed by atoms with Crippen molar-refractivity contribution in [3.63, 3.8) is 0 Å². The zero-order valence-electron chi connectivity index (χ0n) is 10.6. The summed E-state index contributed by atoms with van der Waals surface area (Å²) >= 11 is 7.41. The fourth-order valence-corrected chi connectivity index (χ4v) is 3.29. The van der Waals surface area contributed by atoms with Gasteiger partial charge in [0.05, 0.1) is 16.7 Å². The molecule has 19 heavy (non-hydrogen) atoms. The number of imidazole rings is 1. The largest absolute Gasteiger partial charge is 0.388 e. The molecule has 0 spiro atoms. The maximum atomic E-state index is 9.70. The van der Waals surface area contributed by atoms with Crippen molar-refractivity contribution in [2.24, 2.45) is 0 Å². The van der Waals surface area contributed by atoms with E-state index in [2.05, 4.69) is 4.98 Å². The van der Waals surface area contributed by atoms with E-state index in [0.29, 0.717) is 0 Å². The third kappa shape index (κ3) is 2.16. The van der Waals surface area contributed by atoms with E-state index in [0.717, 1.165) is 31.8 Å². The molecule has 0 aliphatic heterocycles. The molecule has 1 atom stereocenters. The van der Waals surface area contributed by atoms with Gasteiger partial charge in [-0.05, 0) is 26.0 Å². The first-order valence-electron chi connectivity index (χ1n) is 5.98. The zero-order chi connectivity index (χ0) is 13.6. The van der Waals surface area contributed by atoms with Crippen molar-refractivity contribution in [3.05, 3.63) is 46.1 Å². The van der Waals surface area contributed by atoms with E-state index in [1.807, 2.05) is 41.8 Å². The van der Waals surface area contributed by atoms with Gasteiger partial charge in [0.2, 0.25) is 0 Å². The third-order valence-corrected chi connectivity index (χ3v) is 4.69. The fraction of sp³-hybridized carbons (Fsp3) is 0.214. The Kier molecular flexibility index (Phi) is 3.09. The van der Waals surface area contributed by atoms with Gasteiger partial charge < -0.3 is 5.11 Å². The summed E-state index contributed by atoms with van der Waals surface area (Å²) in [6.45, 7) is 3.78. The molecule has 1 N–H and O–H groups in total. The first-order chi connectivity index (χ1) is 9.06. The molecule has 0 aliphatic carbocycles. The van der Waals surface area contributed by atoms with Gasteiger partial charge in [0.1, 0.15) is 0 Å². The molecule has 2 aromatic heterocycles. The Bertz CT molecular complexity index is 728. The molecule has 0 aliphatic rings. The quantitative estimate of drug-likeness (QED) is 0.773. The van der Waals surface area contributed by atoms with Gasteiger partial charge in [0.25, 0.3) is 0 Å². The summed E-state index contributed by atoms with van der Waals surface area (Å²) < 4.78 is 2.02. The summed E-state index contributed by atoms with van der Waals surface area (Å²) in [5, 5.41) is 10.4. The van der Waals surface area contributed by atoms with Crippen LogP contribution >= 0.6 is 22.9 Å². The SMILES string of the molecule is Cc1c(C(C)O)sc2nc(-c3ccc(Cl)cc3)cn12. The lowest BCUT2D eigenvalue weighted by Crippen LogP contribution is -1.91. The van der Waals surface area contributed by atoms with Gasteiger partial charge in [-0.25, -0.2) is 4.98 Å².